The molecule has 1 heterocycles. The number of rotatable bonds is 6. The summed E-state index contributed by atoms with van der Waals surface area (Å²) in [7, 11) is 1.19. The number of carbonyl (C=O) groups excluding carboxylic acids is 2. The Balaban J connectivity index is 1.59. The molecule has 0 aliphatic rings. The molecule has 5 aromatic rings. The number of hydrogen-bond donors (Lipinski definition) is 1. The smallest absolute Gasteiger partial charge is 0.419 e. The molecule has 0 aliphatic heterocycles. The van der Waals surface area contributed by atoms with Crippen LogP contribution in [0.15, 0.2) is 85.1 Å². The van der Waals surface area contributed by atoms with Gasteiger partial charge in [0.15, 0.2) is 0 Å². The molecule has 1 amide bonds. The highest BCUT2D eigenvalue weighted by atomic mass is 35.5. The van der Waals surface area contributed by atoms with Crippen molar-refractivity contribution in [3.8, 4) is 11.3 Å². The molecule has 10 heteroatoms. The van der Waals surface area contributed by atoms with Gasteiger partial charge in [-0.05, 0) is 33.9 Å². The number of aromatic nitrogens is 1. The lowest BCUT2D eigenvalue weighted by Crippen LogP contribution is -2.43. The molecule has 0 saturated carbocycles. The molecular weight excluding hydrogens is 576 g/mol. The van der Waals surface area contributed by atoms with Crippen LogP contribution in [-0.4, -0.2) is 30.0 Å². The summed E-state index contributed by atoms with van der Waals surface area (Å²) in [6.07, 6.45) is -3.26. The summed E-state index contributed by atoms with van der Waals surface area (Å²) >= 11 is 12.3. The molecule has 1 aromatic heterocycles. The molecule has 0 spiro atoms. The van der Waals surface area contributed by atoms with Gasteiger partial charge in [-0.1, -0.05) is 89.9 Å². The van der Waals surface area contributed by atoms with E-state index >= 15 is 0 Å². The van der Waals surface area contributed by atoms with Gasteiger partial charge in [0.05, 0.1) is 34.0 Å². The highest BCUT2D eigenvalue weighted by Crippen LogP contribution is 2.42. The molecular formula is C31H21Cl2F3N2O3. The van der Waals surface area contributed by atoms with Crippen molar-refractivity contribution in [2.45, 2.75) is 18.6 Å². The quantitative estimate of drug-likeness (QED) is 0.202. The van der Waals surface area contributed by atoms with E-state index in [1.54, 1.807) is 60.7 Å². The van der Waals surface area contributed by atoms with Gasteiger partial charge in [-0.15, -0.1) is 0 Å². The van der Waals surface area contributed by atoms with Crippen LogP contribution < -0.4 is 5.32 Å². The van der Waals surface area contributed by atoms with Crippen LogP contribution in [0.5, 0.6) is 0 Å². The zero-order chi connectivity index (χ0) is 29.3. The molecule has 0 bridgehead atoms. The summed E-state index contributed by atoms with van der Waals surface area (Å²) in [5, 5.41) is 4.36. The van der Waals surface area contributed by atoms with Crippen LogP contribution in [0.25, 0.3) is 32.8 Å². The third-order valence-corrected chi connectivity index (χ3v) is 7.39. The fourth-order valence-corrected chi connectivity index (χ4v) is 5.47. The number of ether oxygens (including phenoxy) is 1. The fraction of sp³-hybridized carbons (Fsp3) is 0.129. The van der Waals surface area contributed by atoms with Gasteiger partial charge in [0.2, 0.25) is 0 Å². The zero-order valence-corrected chi connectivity index (χ0v) is 22.9. The Kier molecular flexibility index (Phi) is 7.89. The minimum absolute atomic E-state index is 0.00648. The van der Waals surface area contributed by atoms with Gasteiger partial charge in [0.1, 0.15) is 6.04 Å². The Hall–Kier alpha value is -4.14. The number of fused-ring (bicyclic) bond motifs is 2. The van der Waals surface area contributed by atoms with E-state index in [4.69, 9.17) is 27.9 Å². The van der Waals surface area contributed by atoms with Gasteiger partial charge in [0.25, 0.3) is 5.91 Å². The lowest BCUT2D eigenvalue weighted by Gasteiger charge is -2.20. The standard InChI is InChI=1S/C31H21Cl2F3N2O3/c1-41-30(40)25(38-29(39)26-23(32)11-6-12-24(26)33)15-17-13-14-22(21-10-5-4-8-19(17)21)28-27(31(34,35)36)20-9-3-2-7-18(20)16-37-28/h2-14,16,25H,15H2,1H3,(H,38,39)/t25-/m0/s1. The van der Waals surface area contributed by atoms with Gasteiger partial charge in [-0.2, -0.15) is 13.2 Å². The molecule has 4 aromatic carbocycles. The molecule has 0 saturated heterocycles. The van der Waals surface area contributed by atoms with Crippen LogP contribution in [-0.2, 0) is 22.1 Å². The Morgan fingerprint density at radius 2 is 1.51 bits per heavy atom. The number of halogens is 5. The minimum Gasteiger partial charge on any atom is -0.467 e. The maximum atomic E-state index is 14.4. The van der Waals surface area contributed by atoms with Gasteiger partial charge in [0, 0.05) is 23.6 Å². The Morgan fingerprint density at radius 3 is 2.17 bits per heavy atom. The van der Waals surface area contributed by atoms with Crippen LogP contribution in [0.4, 0.5) is 13.2 Å². The van der Waals surface area contributed by atoms with Crippen molar-refractivity contribution in [1.29, 1.82) is 0 Å². The van der Waals surface area contributed by atoms with E-state index < -0.39 is 29.7 Å². The van der Waals surface area contributed by atoms with Crippen LogP contribution >= 0.6 is 23.2 Å². The minimum atomic E-state index is -4.66. The van der Waals surface area contributed by atoms with Gasteiger partial charge < -0.3 is 10.1 Å². The van der Waals surface area contributed by atoms with Gasteiger partial charge >= 0.3 is 12.1 Å². The van der Waals surface area contributed by atoms with E-state index in [1.165, 1.54) is 31.5 Å². The average molecular weight is 597 g/mol. The second-order valence-corrected chi connectivity index (χ2v) is 10.0. The summed E-state index contributed by atoms with van der Waals surface area (Å²) in [6, 6.07) is 19.7. The summed E-state index contributed by atoms with van der Waals surface area (Å²) < 4.78 is 48.2. The summed E-state index contributed by atoms with van der Waals surface area (Å²) in [6.45, 7) is 0. The maximum absolute atomic E-state index is 14.4. The Labute approximate surface area is 242 Å². The first kappa shape index (κ1) is 28.4. The van der Waals surface area contributed by atoms with E-state index in [0.29, 0.717) is 21.7 Å². The lowest BCUT2D eigenvalue weighted by molar-refractivity contribution is -0.142. The molecule has 0 unspecified atom stereocenters. The molecule has 5 nitrogen and oxygen atoms in total. The second kappa shape index (κ2) is 11.4. The largest absolute Gasteiger partial charge is 0.467 e. The monoisotopic (exact) mass is 596 g/mol. The van der Waals surface area contributed by atoms with Gasteiger partial charge in [-0.3, -0.25) is 9.78 Å². The van der Waals surface area contributed by atoms with Crippen LogP contribution in [0.1, 0.15) is 21.5 Å². The van der Waals surface area contributed by atoms with E-state index in [0.717, 1.165) is 0 Å². The predicted molar refractivity (Wildman–Crippen MR) is 153 cm³/mol. The number of amides is 1. The van der Waals surface area contributed by atoms with Crippen LogP contribution in [0, 0.1) is 0 Å². The predicted octanol–water partition coefficient (Wildman–Crippen LogP) is 7.89. The normalized spacial score (nSPS) is 12.3. The van der Waals surface area contributed by atoms with Crippen molar-refractivity contribution in [3.63, 3.8) is 0 Å². The van der Waals surface area contributed by atoms with Crippen molar-refractivity contribution in [2.75, 3.05) is 7.11 Å². The maximum Gasteiger partial charge on any atom is 0.419 e. The summed E-state index contributed by atoms with van der Waals surface area (Å²) in [4.78, 5) is 30.0. The van der Waals surface area contributed by atoms with Crippen molar-refractivity contribution < 1.29 is 27.5 Å². The highest BCUT2D eigenvalue weighted by molar-refractivity contribution is 6.39. The second-order valence-electron chi connectivity index (χ2n) is 9.23. The molecule has 41 heavy (non-hydrogen) atoms. The molecule has 1 atom stereocenters. The number of nitrogens with zero attached hydrogens (tertiary/aromatic N) is 1. The highest BCUT2D eigenvalue weighted by Gasteiger charge is 2.37. The van der Waals surface area contributed by atoms with E-state index in [9.17, 15) is 22.8 Å². The van der Waals surface area contributed by atoms with Crippen molar-refractivity contribution in [3.05, 3.63) is 112 Å². The molecule has 0 aliphatic carbocycles. The molecule has 1 N–H and O–H groups in total. The number of benzene rings is 4. The SMILES string of the molecule is COC(=O)[C@H](Cc1ccc(-c2ncc3ccccc3c2C(F)(F)F)c2ccccc12)NC(=O)c1c(Cl)cccc1Cl. The van der Waals surface area contributed by atoms with Crippen molar-refractivity contribution in [2.24, 2.45) is 0 Å². The molecule has 208 valence electrons. The van der Waals surface area contributed by atoms with E-state index in [2.05, 4.69) is 10.3 Å². The first-order chi connectivity index (χ1) is 19.6. The first-order valence-electron chi connectivity index (χ1n) is 12.4. The lowest BCUT2D eigenvalue weighted by atomic mass is 9.91. The average Bonchev–Trinajstić information content (AvgIpc) is 2.95. The zero-order valence-electron chi connectivity index (χ0n) is 21.4. The van der Waals surface area contributed by atoms with Crippen molar-refractivity contribution >= 4 is 56.6 Å². The number of hydrogen-bond acceptors (Lipinski definition) is 4. The van der Waals surface area contributed by atoms with Crippen LogP contribution in [0.3, 0.4) is 0 Å². The summed E-state index contributed by atoms with van der Waals surface area (Å²) in [5.41, 5.74) is -0.148. The third-order valence-electron chi connectivity index (χ3n) is 6.76. The summed E-state index contributed by atoms with van der Waals surface area (Å²) in [5.74, 6) is -1.39. The molecule has 5 rings (SSSR count). The van der Waals surface area contributed by atoms with Crippen LogP contribution in [0.2, 0.25) is 10.0 Å². The Bertz CT molecular complexity index is 1790. The number of carbonyl (C=O) groups is 2. The number of methoxy groups -OCH3 is 1. The first-order valence-corrected chi connectivity index (χ1v) is 13.1. The van der Waals surface area contributed by atoms with E-state index in [1.807, 2.05) is 0 Å². The number of nitrogens with one attached hydrogen (secondary N) is 1. The number of esters is 1. The molecule has 0 fully saturated rings. The van der Waals surface area contributed by atoms with E-state index in [-0.39, 0.29) is 38.7 Å². The number of alkyl halides is 3. The number of pyridine rings is 1. The molecule has 0 radical (unpaired) electrons. The van der Waals surface area contributed by atoms with Gasteiger partial charge in [-0.25, -0.2) is 4.79 Å². The Morgan fingerprint density at radius 1 is 0.878 bits per heavy atom. The van der Waals surface area contributed by atoms with Crippen molar-refractivity contribution in [1.82, 2.24) is 10.3 Å². The fourth-order valence-electron chi connectivity index (χ4n) is 4.90. The third kappa shape index (κ3) is 5.58. The topological polar surface area (TPSA) is 68.3 Å².